The molecular weight excluding hydrogens is 298 g/mol. The van der Waals surface area contributed by atoms with Gasteiger partial charge in [0.1, 0.15) is 0 Å². The first-order valence-corrected chi connectivity index (χ1v) is 8.04. The van der Waals surface area contributed by atoms with Crippen molar-refractivity contribution in [3.8, 4) is 5.69 Å². The van der Waals surface area contributed by atoms with E-state index in [9.17, 15) is 4.79 Å². The molecule has 120 valence electrons. The highest BCUT2D eigenvalue weighted by Crippen LogP contribution is 2.32. The first kappa shape index (κ1) is 14.6. The van der Waals surface area contributed by atoms with Gasteiger partial charge < -0.3 is 9.88 Å². The van der Waals surface area contributed by atoms with Crippen molar-refractivity contribution in [3.63, 3.8) is 0 Å². The van der Waals surface area contributed by atoms with E-state index in [1.54, 1.807) is 4.90 Å². The summed E-state index contributed by atoms with van der Waals surface area (Å²) < 4.78 is 2.13. The number of aryl methyl sites for hydroxylation is 2. The Hall–Kier alpha value is -3.01. The monoisotopic (exact) mass is 317 g/mol. The molecule has 4 nitrogen and oxygen atoms in total. The molecule has 2 amide bonds. The fraction of sp³-hybridized carbons (Fsp3) is 0.150. The van der Waals surface area contributed by atoms with Crippen LogP contribution in [0.4, 0.5) is 16.2 Å². The number of benzene rings is 2. The van der Waals surface area contributed by atoms with E-state index in [1.807, 2.05) is 68.6 Å². The van der Waals surface area contributed by atoms with Gasteiger partial charge in [-0.3, -0.25) is 4.90 Å². The summed E-state index contributed by atoms with van der Waals surface area (Å²) >= 11 is 0. The van der Waals surface area contributed by atoms with Gasteiger partial charge in [0.05, 0.1) is 17.9 Å². The Balaban J connectivity index is 1.68. The molecule has 0 atom stereocenters. The molecular formula is C20H19N3O. The van der Waals surface area contributed by atoms with Gasteiger partial charge in [-0.25, -0.2) is 4.79 Å². The molecule has 0 radical (unpaired) electrons. The molecule has 4 heteroatoms. The summed E-state index contributed by atoms with van der Waals surface area (Å²) in [6, 6.07) is 18.0. The number of hydrogen-bond donors (Lipinski definition) is 1. The smallest absolute Gasteiger partial charge is 0.317 e. The molecule has 0 spiro atoms. The number of carbonyl (C=O) groups is 1. The van der Waals surface area contributed by atoms with Crippen molar-refractivity contribution in [3.05, 3.63) is 77.6 Å². The molecule has 0 fully saturated rings. The van der Waals surface area contributed by atoms with Crippen LogP contribution in [-0.4, -0.2) is 10.6 Å². The van der Waals surface area contributed by atoms with Crippen LogP contribution in [0.2, 0.25) is 0 Å². The Kier molecular flexibility index (Phi) is 3.38. The highest BCUT2D eigenvalue weighted by atomic mass is 16.2. The van der Waals surface area contributed by atoms with Crippen LogP contribution in [-0.2, 0) is 6.54 Å². The summed E-state index contributed by atoms with van der Waals surface area (Å²) in [6.07, 6.45) is 2.04. The van der Waals surface area contributed by atoms with Crippen molar-refractivity contribution in [2.45, 2.75) is 20.4 Å². The zero-order valence-electron chi connectivity index (χ0n) is 13.8. The number of rotatable bonds is 1. The fourth-order valence-corrected chi connectivity index (χ4v) is 3.34. The van der Waals surface area contributed by atoms with Crippen LogP contribution in [0.1, 0.15) is 16.8 Å². The van der Waals surface area contributed by atoms with Gasteiger partial charge in [0.25, 0.3) is 0 Å². The third-order valence-electron chi connectivity index (χ3n) is 4.30. The van der Waals surface area contributed by atoms with Gasteiger partial charge in [-0.15, -0.1) is 0 Å². The summed E-state index contributed by atoms with van der Waals surface area (Å²) in [4.78, 5) is 14.7. The van der Waals surface area contributed by atoms with Crippen LogP contribution in [0.25, 0.3) is 5.69 Å². The molecule has 0 unspecified atom stereocenters. The molecule has 0 aliphatic carbocycles. The van der Waals surface area contributed by atoms with E-state index in [0.29, 0.717) is 6.54 Å². The third-order valence-corrected chi connectivity index (χ3v) is 4.30. The largest absolute Gasteiger partial charge is 0.326 e. The zero-order chi connectivity index (χ0) is 16.7. The number of anilines is 2. The minimum Gasteiger partial charge on any atom is -0.317 e. The number of amides is 2. The Labute approximate surface area is 141 Å². The van der Waals surface area contributed by atoms with Crippen LogP contribution in [0, 0.1) is 13.8 Å². The van der Waals surface area contributed by atoms with Crippen molar-refractivity contribution >= 4 is 17.4 Å². The normalized spacial score (nSPS) is 12.5. The maximum atomic E-state index is 12.9. The quantitative estimate of drug-likeness (QED) is 0.697. The Morgan fingerprint density at radius 1 is 0.958 bits per heavy atom. The minimum atomic E-state index is -0.111. The molecule has 1 aliphatic heterocycles. The van der Waals surface area contributed by atoms with E-state index >= 15 is 0 Å². The molecule has 0 saturated carbocycles. The highest BCUT2D eigenvalue weighted by Gasteiger charge is 2.25. The van der Waals surface area contributed by atoms with Gasteiger partial charge in [0, 0.05) is 17.6 Å². The van der Waals surface area contributed by atoms with Gasteiger partial charge in [0.2, 0.25) is 0 Å². The number of carbonyl (C=O) groups excluding carboxylic acids is 1. The third kappa shape index (κ3) is 2.46. The van der Waals surface area contributed by atoms with E-state index < -0.39 is 0 Å². The first-order valence-electron chi connectivity index (χ1n) is 8.04. The minimum absolute atomic E-state index is 0.111. The van der Waals surface area contributed by atoms with Crippen molar-refractivity contribution in [2.75, 3.05) is 10.2 Å². The lowest BCUT2D eigenvalue weighted by atomic mass is 10.1. The molecule has 0 saturated heterocycles. The predicted molar refractivity (Wildman–Crippen MR) is 96.9 cm³/mol. The van der Waals surface area contributed by atoms with Gasteiger partial charge >= 0.3 is 6.03 Å². The number of hydrogen-bond acceptors (Lipinski definition) is 1. The molecule has 3 aromatic rings. The van der Waals surface area contributed by atoms with Crippen molar-refractivity contribution in [2.24, 2.45) is 0 Å². The molecule has 2 aromatic carbocycles. The number of nitrogens with zero attached hydrogens (tertiary/aromatic N) is 2. The van der Waals surface area contributed by atoms with Gasteiger partial charge in [-0.05, 0) is 61.4 Å². The van der Waals surface area contributed by atoms with Crippen molar-refractivity contribution in [1.82, 2.24) is 4.57 Å². The number of urea groups is 1. The molecule has 24 heavy (non-hydrogen) atoms. The number of fused-ring (bicyclic) bond motifs is 3. The second kappa shape index (κ2) is 5.57. The number of nitrogens with one attached hydrogen (secondary N) is 1. The fourth-order valence-electron chi connectivity index (χ4n) is 3.34. The highest BCUT2D eigenvalue weighted by molar-refractivity contribution is 6.03. The Morgan fingerprint density at radius 2 is 1.67 bits per heavy atom. The second-order valence-electron chi connectivity index (χ2n) is 6.25. The summed E-state index contributed by atoms with van der Waals surface area (Å²) in [5, 5.41) is 3.03. The van der Waals surface area contributed by atoms with E-state index in [1.165, 1.54) is 0 Å². The average Bonchev–Trinajstić information content (AvgIpc) is 3.01. The maximum absolute atomic E-state index is 12.9. The summed E-state index contributed by atoms with van der Waals surface area (Å²) in [5.74, 6) is 0. The summed E-state index contributed by atoms with van der Waals surface area (Å²) in [5.41, 5.74) is 6.15. The number of aromatic nitrogens is 1. The van der Waals surface area contributed by atoms with E-state index in [4.69, 9.17) is 0 Å². The molecule has 4 rings (SSSR count). The zero-order valence-corrected chi connectivity index (χ0v) is 13.8. The van der Waals surface area contributed by atoms with Gasteiger partial charge in [0.15, 0.2) is 0 Å². The van der Waals surface area contributed by atoms with E-state index in [2.05, 4.69) is 16.0 Å². The summed E-state index contributed by atoms with van der Waals surface area (Å²) in [7, 11) is 0. The van der Waals surface area contributed by atoms with Gasteiger partial charge in [-0.1, -0.05) is 18.2 Å². The SMILES string of the molecule is Cc1cc(C)cc(NC(=O)N2Cc3cccn3-c3ccccc32)c1. The molecule has 1 aromatic heterocycles. The number of para-hydroxylation sites is 2. The van der Waals surface area contributed by atoms with Crippen LogP contribution in [0.15, 0.2) is 60.8 Å². The average molecular weight is 317 g/mol. The van der Waals surface area contributed by atoms with Crippen LogP contribution >= 0.6 is 0 Å². The van der Waals surface area contributed by atoms with Gasteiger partial charge in [-0.2, -0.15) is 0 Å². The van der Waals surface area contributed by atoms with Crippen LogP contribution in [0.3, 0.4) is 0 Å². The van der Waals surface area contributed by atoms with E-state index in [-0.39, 0.29) is 6.03 Å². The predicted octanol–water partition coefficient (Wildman–Crippen LogP) is 4.65. The first-order chi connectivity index (χ1) is 11.6. The lowest BCUT2D eigenvalue weighted by Gasteiger charge is -2.31. The van der Waals surface area contributed by atoms with E-state index in [0.717, 1.165) is 33.9 Å². The molecule has 1 N–H and O–H groups in total. The standard InChI is InChI=1S/C20H19N3O/c1-14-10-15(2)12-16(11-14)21-20(24)23-13-17-6-5-9-22(17)18-7-3-4-8-19(18)23/h3-12H,13H2,1-2H3,(H,21,24). The second-order valence-corrected chi connectivity index (χ2v) is 6.25. The maximum Gasteiger partial charge on any atom is 0.326 e. The summed E-state index contributed by atoms with van der Waals surface area (Å²) in [6.45, 7) is 4.62. The topological polar surface area (TPSA) is 37.3 Å². The molecule has 1 aliphatic rings. The van der Waals surface area contributed by atoms with Crippen molar-refractivity contribution < 1.29 is 4.79 Å². The van der Waals surface area contributed by atoms with Crippen LogP contribution in [0.5, 0.6) is 0 Å². The Bertz CT molecular complexity index is 906. The lowest BCUT2D eigenvalue weighted by molar-refractivity contribution is 0.256. The Morgan fingerprint density at radius 3 is 2.42 bits per heavy atom. The lowest BCUT2D eigenvalue weighted by Crippen LogP contribution is -2.38. The van der Waals surface area contributed by atoms with Crippen LogP contribution < -0.4 is 10.2 Å². The van der Waals surface area contributed by atoms with Crippen molar-refractivity contribution in [1.29, 1.82) is 0 Å². The molecule has 2 heterocycles. The molecule has 0 bridgehead atoms.